The predicted molar refractivity (Wildman–Crippen MR) is 113 cm³/mol. The van der Waals surface area contributed by atoms with Gasteiger partial charge in [-0.05, 0) is 30.3 Å². The number of hydrogen-bond donors (Lipinski definition) is 0. The largest absolute Gasteiger partial charge is 0.493 e. The van der Waals surface area contributed by atoms with Crippen molar-refractivity contribution in [2.24, 2.45) is 0 Å². The minimum absolute atomic E-state index is 0.0372. The Balaban J connectivity index is 2.24. The van der Waals surface area contributed by atoms with Crippen LogP contribution in [0.15, 0.2) is 46.2 Å². The SMILES string of the molecule is CN(C)C(=O)c1cc(OCCCOS(C)(=O)=O)ccc1Sc1ccc(F)cc1[N+](=O)[O-]. The van der Waals surface area contributed by atoms with Gasteiger partial charge in [0.05, 0.1) is 40.9 Å². The molecule has 2 aromatic carbocycles. The van der Waals surface area contributed by atoms with Crippen LogP contribution < -0.4 is 4.74 Å². The van der Waals surface area contributed by atoms with Crippen LogP contribution in [0.1, 0.15) is 16.8 Å². The van der Waals surface area contributed by atoms with E-state index < -0.39 is 26.5 Å². The molecule has 12 heteroatoms. The number of benzene rings is 2. The van der Waals surface area contributed by atoms with E-state index in [4.69, 9.17) is 4.74 Å². The minimum Gasteiger partial charge on any atom is -0.493 e. The smallest absolute Gasteiger partial charge is 0.286 e. The number of amides is 1. The Morgan fingerprint density at radius 3 is 2.45 bits per heavy atom. The van der Waals surface area contributed by atoms with Gasteiger partial charge in [0, 0.05) is 25.4 Å². The summed E-state index contributed by atoms with van der Waals surface area (Å²) in [7, 11) is -0.399. The molecule has 2 aromatic rings. The Bertz CT molecular complexity index is 1070. The number of carbonyl (C=O) groups excluding carboxylic acids is 1. The number of ether oxygens (including phenoxy) is 1. The second kappa shape index (κ2) is 10.6. The van der Waals surface area contributed by atoms with Crippen molar-refractivity contribution in [1.29, 1.82) is 0 Å². The van der Waals surface area contributed by atoms with Crippen molar-refractivity contribution in [2.45, 2.75) is 16.2 Å². The average molecular weight is 473 g/mol. The van der Waals surface area contributed by atoms with Gasteiger partial charge in [0.1, 0.15) is 11.6 Å². The number of nitrogens with zero attached hydrogens (tertiary/aromatic N) is 2. The quantitative estimate of drug-likeness (QED) is 0.224. The lowest BCUT2D eigenvalue weighted by Crippen LogP contribution is -2.22. The van der Waals surface area contributed by atoms with E-state index >= 15 is 0 Å². The van der Waals surface area contributed by atoms with E-state index in [9.17, 15) is 27.7 Å². The van der Waals surface area contributed by atoms with Crippen LogP contribution in [0.3, 0.4) is 0 Å². The van der Waals surface area contributed by atoms with Crippen molar-refractivity contribution < 1.29 is 31.4 Å². The zero-order valence-corrected chi connectivity index (χ0v) is 18.7. The molecule has 0 aliphatic rings. The lowest BCUT2D eigenvalue weighted by molar-refractivity contribution is -0.387. The van der Waals surface area contributed by atoms with Crippen LogP contribution in [0.4, 0.5) is 10.1 Å². The van der Waals surface area contributed by atoms with E-state index in [1.54, 1.807) is 26.2 Å². The zero-order chi connectivity index (χ0) is 23.2. The highest BCUT2D eigenvalue weighted by Crippen LogP contribution is 2.38. The normalized spacial score (nSPS) is 11.2. The number of carbonyl (C=O) groups is 1. The summed E-state index contributed by atoms with van der Waals surface area (Å²) in [6, 6.07) is 7.88. The summed E-state index contributed by atoms with van der Waals surface area (Å²) in [6.07, 6.45) is 1.26. The van der Waals surface area contributed by atoms with E-state index in [1.807, 2.05) is 0 Å². The summed E-state index contributed by atoms with van der Waals surface area (Å²) >= 11 is 0.969. The van der Waals surface area contributed by atoms with Crippen molar-refractivity contribution in [3.8, 4) is 5.75 Å². The fraction of sp³-hybridized carbons (Fsp3) is 0.316. The summed E-state index contributed by atoms with van der Waals surface area (Å²) in [4.78, 5) is 25.2. The van der Waals surface area contributed by atoms with E-state index in [-0.39, 0.29) is 29.6 Å². The maximum atomic E-state index is 13.4. The van der Waals surface area contributed by atoms with Crippen LogP contribution in [0.25, 0.3) is 0 Å². The number of nitro benzene ring substituents is 1. The van der Waals surface area contributed by atoms with Crippen molar-refractivity contribution in [1.82, 2.24) is 4.90 Å². The fourth-order valence-corrected chi connectivity index (χ4v) is 3.82. The van der Waals surface area contributed by atoms with Gasteiger partial charge in [0.25, 0.3) is 21.7 Å². The van der Waals surface area contributed by atoms with Crippen molar-refractivity contribution in [3.63, 3.8) is 0 Å². The molecule has 0 heterocycles. The Morgan fingerprint density at radius 2 is 1.84 bits per heavy atom. The van der Waals surface area contributed by atoms with Crippen LogP contribution in [0, 0.1) is 15.9 Å². The number of rotatable bonds is 10. The zero-order valence-electron chi connectivity index (χ0n) is 17.0. The molecule has 0 fully saturated rings. The average Bonchev–Trinajstić information content (AvgIpc) is 2.68. The van der Waals surface area contributed by atoms with Gasteiger partial charge < -0.3 is 9.64 Å². The number of halogens is 1. The van der Waals surface area contributed by atoms with E-state index in [0.29, 0.717) is 17.1 Å². The molecule has 0 bridgehead atoms. The van der Waals surface area contributed by atoms with Crippen LogP contribution in [0.2, 0.25) is 0 Å². The molecule has 0 unspecified atom stereocenters. The third-order valence-electron chi connectivity index (χ3n) is 3.78. The first-order valence-electron chi connectivity index (χ1n) is 8.92. The first-order chi connectivity index (χ1) is 14.5. The first-order valence-corrected chi connectivity index (χ1v) is 11.6. The maximum absolute atomic E-state index is 13.4. The Kier molecular flexibility index (Phi) is 8.36. The Morgan fingerprint density at radius 1 is 1.16 bits per heavy atom. The molecule has 0 aliphatic carbocycles. The molecule has 2 rings (SSSR count). The third-order valence-corrected chi connectivity index (χ3v) is 5.52. The molecule has 0 radical (unpaired) electrons. The molecule has 0 N–H and O–H groups in total. The highest BCUT2D eigenvalue weighted by Gasteiger charge is 2.21. The molecular formula is C19H21FN2O7S2. The van der Waals surface area contributed by atoms with Crippen molar-refractivity contribution in [2.75, 3.05) is 33.6 Å². The molecule has 0 aromatic heterocycles. The molecule has 168 valence electrons. The summed E-state index contributed by atoms with van der Waals surface area (Å²) in [6.45, 7) is 0.117. The molecule has 9 nitrogen and oxygen atoms in total. The Hall–Kier alpha value is -2.70. The molecule has 1 amide bonds. The van der Waals surface area contributed by atoms with Crippen LogP contribution in [0.5, 0.6) is 5.75 Å². The molecule has 0 saturated heterocycles. The van der Waals surface area contributed by atoms with E-state index in [1.165, 1.54) is 17.0 Å². The van der Waals surface area contributed by atoms with Crippen LogP contribution in [-0.2, 0) is 14.3 Å². The lowest BCUT2D eigenvalue weighted by Gasteiger charge is -2.16. The van der Waals surface area contributed by atoms with Gasteiger partial charge >= 0.3 is 0 Å². The molecule has 0 aliphatic heterocycles. The number of nitro groups is 1. The summed E-state index contributed by atoms with van der Waals surface area (Å²) < 4.78 is 45.5. The highest BCUT2D eigenvalue weighted by molar-refractivity contribution is 7.99. The summed E-state index contributed by atoms with van der Waals surface area (Å²) in [5, 5.41) is 11.3. The monoisotopic (exact) mass is 472 g/mol. The van der Waals surface area contributed by atoms with Gasteiger partial charge in [0.2, 0.25) is 0 Å². The maximum Gasteiger partial charge on any atom is 0.286 e. The van der Waals surface area contributed by atoms with Gasteiger partial charge in [-0.15, -0.1) is 0 Å². The fourth-order valence-electron chi connectivity index (χ4n) is 2.39. The van der Waals surface area contributed by atoms with E-state index in [2.05, 4.69) is 4.18 Å². The molecule has 0 saturated carbocycles. The molecule has 0 atom stereocenters. The van der Waals surface area contributed by atoms with Crippen LogP contribution in [-0.4, -0.2) is 57.7 Å². The first kappa shape index (κ1) is 24.6. The van der Waals surface area contributed by atoms with Crippen molar-refractivity contribution >= 4 is 33.5 Å². The summed E-state index contributed by atoms with van der Waals surface area (Å²) in [5.74, 6) is -0.718. The van der Waals surface area contributed by atoms with Gasteiger partial charge in [-0.3, -0.25) is 19.1 Å². The second-order valence-corrected chi connectivity index (χ2v) is 9.28. The van der Waals surface area contributed by atoms with Crippen LogP contribution >= 0.6 is 11.8 Å². The predicted octanol–water partition coefficient (Wildman–Crippen LogP) is 3.33. The minimum atomic E-state index is -3.52. The van der Waals surface area contributed by atoms with Gasteiger partial charge in [-0.2, -0.15) is 8.42 Å². The lowest BCUT2D eigenvalue weighted by atomic mass is 10.2. The standard InChI is InChI=1S/C19H21FN2O7S2/c1-21(2)19(23)15-12-14(28-9-4-10-29-31(3,26)27)6-8-17(15)30-18-7-5-13(20)11-16(18)22(24)25/h5-8,11-12H,4,9-10H2,1-3H3. The van der Waals surface area contributed by atoms with Gasteiger partial charge in [-0.1, -0.05) is 11.8 Å². The molecular weight excluding hydrogens is 451 g/mol. The van der Waals surface area contributed by atoms with Crippen molar-refractivity contribution in [3.05, 3.63) is 57.9 Å². The van der Waals surface area contributed by atoms with Gasteiger partial charge in [-0.25, -0.2) is 4.39 Å². The second-order valence-electron chi connectivity index (χ2n) is 6.56. The highest BCUT2D eigenvalue weighted by atomic mass is 32.2. The molecule has 0 spiro atoms. The topological polar surface area (TPSA) is 116 Å². The molecule has 31 heavy (non-hydrogen) atoms. The summed E-state index contributed by atoms with van der Waals surface area (Å²) in [5.41, 5.74) is -0.155. The number of hydrogen-bond acceptors (Lipinski definition) is 8. The van der Waals surface area contributed by atoms with E-state index in [0.717, 1.165) is 30.2 Å². The van der Waals surface area contributed by atoms with Gasteiger partial charge in [0.15, 0.2) is 0 Å². The Labute approximate surface area is 183 Å². The third kappa shape index (κ3) is 7.49.